The predicted octanol–water partition coefficient (Wildman–Crippen LogP) is 4.27. The Morgan fingerprint density at radius 2 is 1.83 bits per heavy atom. The summed E-state index contributed by atoms with van der Waals surface area (Å²) in [4.78, 5) is 17.9. The number of fused-ring (bicyclic) bond motifs is 1. The second kappa shape index (κ2) is 7.01. The number of ether oxygens (including phenoxy) is 2. The molecule has 29 heavy (non-hydrogen) atoms. The molecule has 0 saturated heterocycles. The van der Waals surface area contributed by atoms with Gasteiger partial charge in [-0.15, -0.1) is 0 Å². The molecule has 1 aliphatic heterocycles. The van der Waals surface area contributed by atoms with Crippen molar-refractivity contribution in [1.82, 2.24) is 4.98 Å². The number of benzene rings is 2. The molecule has 0 atom stereocenters. The van der Waals surface area contributed by atoms with Crippen LogP contribution in [0.4, 0.5) is 0 Å². The van der Waals surface area contributed by atoms with E-state index in [2.05, 4.69) is 0 Å². The van der Waals surface area contributed by atoms with E-state index >= 15 is 0 Å². The van der Waals surface area contributed by atoms with Crippen molar-refractivity contribution in [2.75, 3.05) is 6.79 Å². The van der Waals surface area contributed by atoms with Crippen LogP contribution in [0.2, 0.25) is 0 Å². The zero-order valence-corrected chi connectivity index (χ0v) is 16.1. The minimum atomic E-state index is -0.415. The molecule has 3 aromatic rings. The molecule has 1 aliphatic carbocycles. The quantitative estimate of drug-likeness (QED) is 0.680. The molecule has 0 unspecified atom stereocenters. The van der Waals surface area contributed by atoms with Crippen molar-refractivity contribution in [3.05, 3.63) is 77.5 Å². The standard InChI is InChI=1S/C24H22N2O3.2H2/c25-14-16-4-6-17(7-5-16)20-3-1-2-19(26-20)13-23(27)24(10-11-24)18-8-9-21-22(12-18)29-15-28-21;;/h1-9,12H,10-11,13-15,25H2;2*1H. The van der Waals surface area contributed by atoms with Gasteiger partial charge in [-0.1, -0.05) is 36.4 Å². The maximum absolute atomic E-state index is 13.2. The highest BCUT2D eigenvalue weighted by molar-refractivity contribution is 5.94. The van der Waals surface area contributed by atoms with Crippen LogP contribution in [0.25, 0.3) is 11.3 Å². The van der Waals surface area contributed by atoms with Crippen molar-refractivity contribution in [3.63, 3.8) is 0 Å². The van der Waals surface area contributed by atoms with Gasteiger partial charge in [-0.25, -0.2) is 0 Å². The Morgan fingerprint density at radius 1 is 1.03 bits per heavy atom. The zero-order chi connectivity index (χ0) is 19.8. The van der Waals surface area contributed by atoms with E-state index in [0.29, 0.717) is 13.0 Å². The van der Waals surface area contributed by atoms with Gasteiger partial charge in [0.1, 0.15) is 5.78 Å². The molecule has 2 aromatic carbocycles. The lowest BCUT2D eigenvalue weighted by Gasteiger charge is -2.15. The average Bonchev–Trinajstić information content (AvgIpc) is 3.45. The number of carbonyl (C=O) groups excluding carboxylic acids is 1. The van der Waals surface area contributed by atoms with Gasteiger partial charge in [-0.2, -0.15) is 0 Å². The summed E-state index contributed by atoms with van der Waals surface area (Å²) < 4.78 is 10.9. The molecule has 1 aromatic heterocycles. The Kier molecular flexibility index (Phi) is 4.32. The lowest BCUT2D eigenvalue weighted by Crippen LogP contribution is -2.23. The number of aromatic nitrogens is 1. The van der Waals surface area contributed by atoms with Crippen molar-refractivity contribution < 1.29 is 17.1 Å². The Morgan fingerprint density at radius 3 is 2.59 bits per heavy atom. The summed E-state index contributed by atoms with van der Waals surface area (Å²) in [7, 11) is 0. The van der Waals surface area contributed by atoms with Crippen LogP contribution in [0, 0.1) is 0 Å². The molecule has 0 bridgehead atoms. The van der Waals surface area contributed by atoms with E-state index in [1.807, 2.05) is 60.7 Å². The van der Waals surface area contributed by atoms with Crippen molar-refractivity contribution >= 4 is 5.78 Å². The maximum atomic E-state index is 13.2. The number of nitrogens with zero attached hydrogens (tertiary/aromatic N) is 1. The first-order chi connectivity index (χ1) is 14.2. The minimum absolute atomic E-state index is 0. The van der Waals surface area contributed by atoms with Crippen LogP contribution in [0.3, 0.4) is 0 Å². The van der Waals surface area contributed by atoms with Crippen molar-refractivity contribution in [1.29, 1.82) is 0 Å². The number of Topliss-reactive ketones (excluding diaryl/α,β-unsaturated/α-hetero) is 1. The van der Waals surface area contributed by atoms with Crippen LogP contribution >= 0.6 is 0 Å². The summed E-state index contributed by atoms with van der Waals surface area (Å²) in [6.45, 7) is 0.757. The molecule has 2 aliphatic rings. The second-order valence-corrected chi connectivity index (χ2v) is 7.67. The largest absolute Gasteiger partial charge is 0.454 e. The fourth-order valence-electron chi connectivity index (χ4n) is 3.93. The van der Waals surface area contributed by atoms with Crippen LogP contribution in [0.5, 0.6) is 11.5 Å². The molecule has 0 spiro atoms. The first-order valence-corrected chi connectivity index (χ1v) is 9.87. The number of ketones is 1. The molecule has 5 heteroatoms. The van der Waals surface area contributed by atoms with Gasteiger partial charge in [0, 0.05) is 27.1 Å². The van der Waals surface area contributed by atoms with Gasteiger partial charge in [0.2, 0.25) is 6.79 Å². The number of rotatable bonds is 6. The second-order valence-electron chi connectivity index (χ2n) is 7.67. The van der Waals surface area contributed by atoms with Crippen LogP contribution in [0.15, 0.2) is 60.7 Å². The summed E-state index contributed by atoms with van der Waals surface area (Å²) in [5, 5.41) is 0. The lowest BCUT2D eigenvalue weighted by molar-refractivity contribution is -0.120. The molecule has 5 rings (SSSR count). The van der Waals surface area contributed by atoms with Crippen LogP contribution in [-0.4, -0.2) is 17.6 Å². The highest BCUT2D eigenvalue weighted by Crippen LogP contribution is 2.51. The Bertz CT molecular complexity index is 1080. The summed E-state index contributed by atoms with van der Waals surface area (Å²) >= 11 is 0. The van der Waals surface area contributed by atoms with Crippen molar-refractivity contribution in [2.45, 2.75) is 31.2 Å². The molecule has 1 saturated carbocycles. The Hall–Kier alpha value is -3.18. The first-order valence-electron chi connectivity index (χ1n) is 9.87. The topological polar surface area (TPSA) is 74.4 Å². The minimum Gasteiger partial charge on any atom is -0.454 e. The predicted molar refractivity (Wildman–Crippen MR) is 114 cm³/mol. The Labute approximate surface area is 172 Å². The van der Waals surface area contributed by atoms with Crippen molar-refractivity contribution in [3.8, 4) is 22.8 Å². The third kappa shape index (κ3) is 3.28. The normalized spacial score (nSPS) is 15.9. The fourth-order valence-corrected chi connectivity index (χ4v) is 3.93. The van der Waals surface area contributed by atoms with Gasteiger partial charge in [0.25, 0.3) is 0 Å². The number of hydrogen-bond acceptors (Lipinski definition) is 5. The third-order valence-corrected chi connectivity index (χ3v) is 5.84. The number of pyridine rings is 1. The van der Waals surface area contributed by atoms with E-state index < -0.39 is 5.41 Å². The summed E-state index contributed by atoms with van der Waals surface area (Å²) in [6, 6.07) is 19.7. The average molecular weight is 390 g/mol. The maximum Gasteiger partial charge on any atom is 0.231 e. The molecule has 1 fully saturated rings. The molecular weight excluding hydrogens is 364 g/mol. The van der Waals surface area contributed by atoms with Crippen molar-refractivity contribution in [2.24, 2.45) is 5.73 Å². The van der Waals surface area contributed by atoms with E-state index in [1.165, 1.54) is 0 Å². The molecule has 0 amide bonds. The van der Waals surface area contributed by atoms with E-state index in [0.717, 1.165) is 52.4 Å². The van der Waals surface area contributed by atoms with E-state index in [4.69, 9.17) is 20.2 Å². The summed E-state index contributed by atoms with van der Waals surface area (Å²) in [5.41, 5.74) is 10.0. The smallest absolute Gasteiger partial charge is 0.231 e. The van der Waals surface area contributed by atoms with E-state index in [1.54, 1.807) is 0 Å². The summed E-state index contributed by atoms with van der Waals surface area (Å²) in [5.74, 6) is 1.68. The highest BCUT2D eigenvalue weighted by atomic mass is 16.7. The van der Waals surface area contributed by atoms with Crippen LogP contribution < -0.4 is 15.2 Å². The number of nitrogens with two attached hydrogens (primary N) is 1. The molecule has 5 nitrogen and oxygen atoms in total. The zero-order valence-electron chi connectivity index (χ0n) is 16.1. The van der Waals surface area contributed by atoms with E-state index in [9.17, 15) is 4.79 Å². The van der Waals surface area contributed by atoms with Gasteiger partial charge in [-0.3, -0.25) is 9.78 Å². The number of hydrogen-bond donors (Lipinski definition) is 1. The molecular formula is C24H26N2O3. The Balaban J connectivity index is 0.00000136. The first kappa shape index (κ1) is 17.9. The molecule has 0 radical (unpaired) electrons. The van der Waals surface area contributed by atoms with E-state index in [-0.39, 0.29) is 15.4 Å². The van der Waals surface area contributed by atoms with Crippen LogP contribution in [-0.2, 0) is 23.2 Å². The monoisotopic (exact) mass is 390 g/mol. The third-order valence-electron chi connectivity index (χ3n) is 5.84. The fraction of sp³-hybridized carbons (Fsp3) is 0.250. The van der Waals surface area contributed by atoms with Gasteiger partial charge in [0.05, 0.1) is 11.1 Å². The number of carbonyl (C=O) groups is 1. The molecule has 2 N–H and O–H groups in total. The molecule has 2 heterocycles. The van der Waals surface area contributed by atoms with Gasteiger partial charge in [-0.05, 0) is 48.2 Å². The van der Waals surface area contributed by atoms with Gasteiger partial charge >= 0.3 is 0 Å². The van der Waals surface area contributed by atoms with Gasteiger partial charge < -0.3 is 15.2 Å². The molecule has 150 valence electrons. The van der Waals surface area contributed by atoms with Crippen LogP contribution in [0.1, 0.15) is 32.5 Å². The summed E-state index contributed by atoms with van der Waals surface area (Å²) in [6.07, 6.45) is 2.06. The lowest BCUT2D eigenvalue weighted by atomic mass is 9.88. The SMILES string of the molecule is NCc1ccc(-c2cccc(CC(=O)C3(c4ccc5c(c4)OCO5)CC3)n2)cc1.[HH].[HH]. The van der Waals surface area contributed by atoms with Gasteiger partial charge in [0.15, 0.2) is 11.5 Å². The highest BCUT2D eigenvalue weighted by Gasteiger charge is 2.50.